The van der Waals surface area contributed by atoms with E-state index in [0.29, 0.717) is 5.92 Å². The topological polar surface area (TPSA) is 29.9 Å². The number of nitrogens with zero attached hydrogens (tertiary/aromatic N) is 2. The molecule has 1 unspecified atom stereocenters. The van der Waals surface area contributed by atoms with Crippen molar-refractivity contribution in [3.05, 3.63) is 18.0 Å². The molecule has 1 N–H and O–H groups in total. The Morgan fingerprint density at radius 1 is 1.53 bits per heavy atom. The van der Waals surface area contributed by atoms with E-state index >= 15 is 0 Å². The number of halogens is 1. The van der Waals surface area contributed by atoms with Crippen molar-refractivity contribution in [2.75, 3.05) is 13.1 Å². The van der Waals surface area contributed by atoms with E-state index in [9.17, 15) is 0 Å². The Morgan fingerprint density at radius 2 is 2.27 bits per heavy atom. The highest BCUT2D eigenvalue weighted by Gasteiger charge is 2.08. The molecule has 15 heavy (non-hydrogen) atoms. The largest absolute Gasteiger partial charge is 0.315 e. The molecule has 1 aromatic heterocycles. The zero-order chi connectivity index (χ0) is 11.3. The molecule has 4 heteroatoms. The molecule has 0 aromatic carbocycles. The van der Waals surface area contributed by atoms with Crippen molar-refractivity contribution in [3.63, 3.8) is 0 Å². The van der Waals surface area contributed by atoms with Gasteiger partial charge in [0.25, 0.3) is 0 Å². The summed E-state index contributed by atoms with van der Waals surface area (Å²) in [5, 5.41) is 7.70. The molecule has 0 spiro atoms. The van der Waals surface area contributed by atoms with E-state index in [2.05, 4.69) is 24.3 Å². The minimum absolute atomic E-state index is 0.221. The van der Waals surface area contributed by atoms with Crippen molar-refractivity contribution in [1.29, 1.82) is 0 Å². The first-order chi connectivity index (χ1) is 7.09. The van der Waals surface area contributed by atoms with Crippen LogP contribution in [0.3, 0.4) is 0 Å². The smallest absolute Gasteiger partial charge is 0.0522 e. The minimum atomic E-state index is 0.221. The number of aromatic nitrogens is 2. The second kappa shape index (κ2) is 6.13. The minimum Gasteiger partial charge on any atom is -0.315 e. The summed E-state index contributed by atoms with van der Waals surface area (Å²) in [6, 6.07) is 0. The maximum absolute atomic E-state index is 6.12. The number of aryl methyl sites for hydroxylation is 1. The Kier molecular flexibility index (Phi) is 5.12. The molecule has 0 aliphatic carbocycles. The third-order valence-electron chi connectivity index (χ3n) is 2.41. The van der Waals surface area contributed by atoms with Crippen LogP contribution in [-0.2, 0) is 13.5 Å². The first-order valence-corrected chi connectivity index (χ1v) is 5.85. The molecule has 1 rings (SSSR count). The Labute approximate surface area is 96.8 Å². The van der Waals surface area contributed by atoms with Gasteiger partial charge >= 0.3 is 0 Å². The molecule has 0 saturated carbocycles. The van der Waals surface area contributed by atoms with Crippen LogP contribution >= 0.6 is 11.6 Å². The molecule has 0 aliphatic heterocycles. The lowest BCUT2D eigenvalue weighted by molar-refractivity contribution is 0.547. The van der Waals surface area contributed by atoms with Gasteiger partial charge in [-0.25, -0.2) is 0 Å². The number of nitrogens with one attached hydrogen (secondary N) is 1. The van der Waals surface area contributed by atoms with Gasteiger partial charge in [0, 0.05) is 25.2 Å². The summed E-state index contributed by atoms with van der Waals surface area (Å²) < 4.78 is 1.83. The summed E-state index contributed by atoms with van der Waals surface area (Å²) in [4.78, 5) is 0. The van der Waals surface area contributed by atoms with Gasteiger partial charge < -0.3 is 5.32 Å². The Balaban J connectivity index is 2.12. The lowest BCUT2D eigenvalue weighted by atomic mass is 10.1. The molecular weight excluding hydrogens is 210 g/mol. The van der Waals surface area contributed by atoms with E-state index in [4.69, 9.17) is 11.6 Å². The highest BCUT2D eigenvalue weighted by Crippen LogP contribution is 2.07. The molecule has 1 heterocycles. The average Bonchev–Trinajstić information content (AvgIpc) is 2.58. The molecule has 0 fully saturated rings. The van der Waals surface area contributed by atoms with E-state index in [0.717, 1.165) is 19.5 Å². The maximum Gasteiger partial charge on any atom is 0.0522 e. The Bertz CT molecular complexity index is 283. The van der Waals surface area contributed by atoms with Gasteiger partial charge in [-0.2, -0.15) is 5.10 Å². The molecule has 0 aliphatic rings. The first-order valence-electron chi connectivity index (χ1n) is 5.42. The zero-order valence-electron chi connectivity index (χ0n) is 9.70. The molecule has 86 valence electrons. The summed E-state index contributed by atoms with van der Waals surface area (Å²) in [7, 11) is 1.94. The van der Waals surface area contributed by atoms with Crippen LogP contribution in [0.5, 0.6) is 0 Å². The summed E-state index contributed by atoms with van der Waals surface area (Å²) in [6.07, 6.45) is 4.96. The van der Waals surface area contributed by atoms with Gasteiger partial charge in [0.2, 0.25) is 0 Å². The van der Waals surface area contributed by atoms with Crippen molar-refractivity contribution < 1.29 is 0 Å². The van der Waals surface area contributed by atoms with Crippen molar-refractivity contribution in [3.8, 4) is 0 Å². The molecule has 0 saturated heterocycles. The van der Waals surface area contributed by atoms with Crippen molar-refractivity contribution in [2.45, 2.75) is 25.6 Å². The SMILES string of the molecule is CC(C)C(Cl)CNCCc1cnn(C)c1. The maximum atomic E-state index is 6.12. The third kappa shape index (κ3) is 4.67. The number of hydrogen-bond donors (Lipinski definition) is 1. The van der Waals surface area contributed by atoms with Gasteiger partial charge in [0.15, 0.2) is 0 Å². The van der Waals surface area contributed by atoms with Crippen LogP contribution in [0, 0.1) is 5.92 Å². The van der Waals surface area contributed by atoms with Gasteiger partial charge in [0.05, 0.1) is 6.20 Å². The van der Waals surface area contributed by atoms with Crippen LogP contribution in [-0.4, -0.2) is 28.2 Å². The van der Waals surface area contributed by atoms with E-state index in [1.165, 1.54) is 5.56 Å². The molecule has 3 nitrogen and oxygen atoms in total. The fourth-order valence-electron chi connectivity index (χ4n) is 1.31. The fourth-order valence-corrected chi connectivity index (χ4v) is 1.42. The van der Waals surface area contributed by atoms with Crippen molar-refractivity contribution >= 4 is 11.6 Å². The average molecular weight is 230 g/mol. The molecule has 1 aromatic rings. The van der Waals surface area contributed by atoms with Gasteiger partial charge in [-0.3, -0.25) is 4.68 Å². The standard InChI is InChI=1S/C11H20ClN3/c1-9(2)11(12)7-13-5-4-10-6-14-15(3)8-10/h6,8-9,11,13H,4-5,7H2,1-3H3. The second-order valence-electron chi connectivity index (χ2n) is 4.24. The Hall–Kier alpha value is -0.540. The van der Waals surface area contributed by atoms with Gasteiger partial charge in [-0.05, 0) is 24.4 Å². The number of alkyl halides is 1. The lowest BCUT2D eigenvalue weighted by Gasteiger charge is -2.13. The normalized spacial score (nSPS) is 13.4. The van der Waals surface area contributed by atoms with Crippen LogP contribution in [0.2, 0.25) is 0 Å². The number of hydrogen-bond acceptors (Lipinski definition) is 2. The monoisotopic (exact) mass is 229 g/mol. The quantitative estimate of drug-likeness (QED) is 0.596. The zero-order valence-corrected chi connectivity index (χ0v) is 10.5. The van der Waals surface area contributed by atoms with Crippen LogP contribution in [0.4, 0.5) is 0 Å². The number of rotatable bonds is 6. The van der Waals surface area contributed by atoms with Crippen molar-refractivity contribution in [1.82, 2.24) is 15.1 Å². The summed E-state index contributed by atoms with van der Waals surface area (Å²) in [5.41, 5.74) is 1.26. The fraction of sp³-hybridized carbons (Fsp3) is 0.727. The highest BCUT2D eigenvalue weighted by atomic mass is 35.5. The van der Waals surface area contributed by atoms with Crippen LogP contribution < -0.4 is 5.32 Å². The first kappa shape index (κ1) is 12.5. The predicted molar refractivity (Wildman–Crippen MR) is 64.3 cm³/mol. The van der Waals surface area contributed by atoms with E-state index < -0.39 is 0 Å². The summed E-state index contributed by atoms with van der Waals surface area (Å²) in [5.74, 6) is 0.526. The van der Waals surface area contributed by atoms with E-state index in [1.54, 1.807) is 0 Å². The Morgan fingerprint density at radius 3 is 2.80 bits per heavy atom. The van der Waals surface area contributed by atoms with E-state index in [-0.39, 0.29) is 5.38 Å². The van der Waals surface area contributed by atoms with Crippen LogP contribution in [0.15, 0.2) is 12.4 Å². The molecule has 0 amide bonds. The van der Waals surface area contributed by atoms with Gasteiger partial charge in [-0.15, -0.1) is 11.6 Å². The summed E-state index contributed by atoms with van der Waals surface area (Å²) in [6.45, 7) is 6.11. The van der Waals surface area contributed by atoms with Crippen LogP contribution in [0.1, 0.15) is 19.4 Å². The highest BCUT2D eigenvalue weighted by molar-refractivity contribution is 6.20. The summed E-state index contributed by atoms with van der Waals surface area (Å²) >= 11 is 6.12. The predicted octanol–water partition coefficient (Wildman–Crippen LogP) is 1.82. The molecular formula is C11H20ClN3. The van der Waals surface area contributed by atoms with Gasteiger partial charge in [-0.1, -0.05) is 13.8 Å². The second-order valence-corrected chi connectivity index (χ2v) is 4.80. The van der Waals surface area contributed by atoms with Gasteiger partial charge in [0.1, 0.15) is 0 Å². The van der Waals surface area contributed by atoms with Crippen molar-refractivity contribution in [2.24, 2.45) is 13.0 Å². The molecule has 0 bridgehead atoms. The molecule has 1 atom stereocenters. The molecule has 0 radical (unpaired) electrons. The van der Waals surface area contributed by atoms with E-state index in [1.807, 2.05) is 24.1 Å². The third-order valence-corrected chi connectivity index (χ3v) is 3.07. The lowest BCUT2D eigenvalue weighted by Crippen LogP contribution is -2.28. The van der Waals surface area contributed by atoms with Crippen LogP contribution in [0.25, 0.3) is 0 Å².